The van der Waals surface area contributed by atoms with E-state index >= 15 is 0 Å². The molecule has 22 heavy (non-hydrogen) atoms. The summed E-state index contributed by atoms with van der Waals surface area (Å²) < 4.78 is 1.90. The first kappa shape index (κ1) is 15.2. The van der Waals surface area contributed by atoms with Crippen LogP contribution in [0.4, 0.5) is 0 Å². The fraction of sp³-hybridized carbons (Fsp3) is 0.529. The predicted molar refractivity (Wildman–Crippen MR) is 85.7 cm³/mol. The van der Waals surface area contributed by atoms with Gasteiger partial charge in [-0.15, -0.1) is 0 Å². The number of aliphatic hydroxyl groups is 1. The Kier molecular flexibility index (Phi) is 4.55. The number of aromatic nitrogens is 3. The molecule has 0 unspecified atom stereocenters. The van der Waals surface area contributed by atoms with Gasteiger partial charge >= 0.3 is 0 Å². The summed E-state index contributed by atoms with van der Waals surface area (Å²) in [6.07, 6.45) is 10.6. The smallest absolute Gasteiger partial charge is 0.137 e. The van der Waals surface area contributed by atoms with Crippen molar-refractivity contribution in [2.75, 3.05) is 19.7 Å². The predicted octanol–water partition coefficient (Wildman–Crippen LogP) is 2.25. The highest BCUT2D eigenvalue weighted by Gasteiger charge is 2.32. The third kappa shape index (κ3) is 3.20. The molecule has 5 heteroatoms. The average Bonchev–Trinajstić information content (AvgIpc) is 3.11. The topological polar surface area (TPSA) is 54.2 Å². The Morgan fingerprint density at radius 3 is 2.64 bits per heavy atom. The molecule has 0 spiro atoms. The second kappa shape index (κ2) is 6.58. The van der Waals surface area contributed by atoms with Crippen LogP contribution in [0.2, 0.25) is 0 Å². The van der Waals surface area contributed by atoms with Gasteiger partial charge in [-0.1, -0.05) is 13.0 Å². The van der Waals surface area contributed by atoms with Crippen molar-refractivity contribution in [2.24, 2.45) is 5.41 Å². The number of pyridine rings is 1. The average molecular weight is 300 g/mol. The molecule has 5 nitrogen and oxygen atoms in total. The number of piperidine rings is 1. The zero-order valence-corrected chi connectivity index (χ0v) is 13.1. The van der Waals surface area contributed by atoms with E-state index in [4.69, 9.17) is 0 Å². The molecular formula is C17H24N4O. The SMILES string of the molecule is CCC1(CO)CCN(Cc2ccc(-n3ccnc3)nc2)CC1. The van der Waals surface area contributed by atoms with Crippen LogP contribution in [0, 0.1) is 5.41 Å². The minimum atomic E-state index is 0.153. The number of hydrogen-bond donors (Lipinski definition) is 1. The van der Waals surface area contributed by atoms with E-state index in [-0.39, 0.29) is 5.41 Å². The van der Waals surface area contributed by atoms with E-state index in [1.54, 1.807) is 12.5 Å². The van der Waals surface area contributed by atoms with Crippen LogP contribution >= 0.6 is 0 Å². The first-order valence-corrected chi connectivity index (χ1v) is 8.01. The van der Waals surface area contributed by atoms with Crippen LogP contribution in [-0.2, 0) is 6.54 Å². The van der Waals surface area contributed by atoms with Crippen LogP contribution < -0.4 is 0 Å². The van der Waals surface area contributed by atoms with Crippen molar-refractivity contribution in [2.45, 2.75) is 32.7 Å². The molecule has 0 bridgehead atoms. The maximum atomic E-state index is 9.60. The molecule has 0 aliphatic carbocycles. The Bertz CT molecular complexity index is 565. The molecule has 0 aromatic carbocycles. The van der Waals surface area contributed by atoms with Gasteiger partial charge in [0.15, 0.2) is 0 Å². The first-order valence-electron chi connectivity index (χ1n) is 8.01. The largest absolute Gasteiger partial charge is 0.396 e. The zero-order chi connectivity index (χ0) is 15.4. The fourth-order valence-electron chi connectivity index (χ4n) is 3.12. The van der Waals surface area contributed by atoms with Gasteiger partial charge in [-0.3, -0.25) is 9.47 Å². The van der Waals surface area contributed by atoms with Gasteiger partial charge in [-0.05, 0) is 49.4 Å². The van der Waals surface area contributed by atoms with Gasteiger partial charge in [0.1, 0.15) is 12.1 Å². The highest BCUT2D eigenvalue weighted by Crippen LogP contribution is 2.34. The lowest BCUT2D eigenvalue weighted by Gasteiger charge is -2.40. The van der Waals surface area contributed by atoms with Gasteiger partial charge in [0, 0.05) is 31.7 Å². The van der Waals surface area contributed by atoms with Crippen LogP contribution in [0.15, 0.2) is 37.1 Å². The van der Waals surface area contributed by atoms with E-state index in [9.17, 15) is 5.11 Å². The Labute approximate surface area is 131 Å². The molecule has 0 atom stereocenters. The number of aliphatic hydroxyl groups excluding tert-OH is 1. The molecule has 1 aliphatic heterocycles. The molecule has 1 aliphatic rings. The molecule has 0 amide bonds. The monoisotopic (exact) mass is 300 g/mol. The molecule has 3 heterocycles. The van der Waals surface area contributed by atoms with Crippen molar-refractivity contribution in [1.29, 1.82) is 0 Å². The van der Waals surface area contributed by atoms with Gasteiger partial charge in [-0.25, -0.2) is 9.97 Å². The van der Waals surface area contributed by atoms with Crippen LogP contribution in [0.5, 0.6) is 0 Å². The lowest BCUT2D eigenvalue weighted by atomic mass is 9.77. The van der Waals surface area contributed by atoms with Crippen LogP contribution in [0.1, 0.15) is 31.7 Å². The van der Waals surface area contributed by atoms with Crippen molar-refractivity contribution >= 4 is 0 Å². The molecule has 118 valence electrons. The number of likely N-dealkylation sites (tertiary alicyclic amines) is 1. The molecular weight excluding hydrogens is 276 g/mol. The van der Waals surface area contributed by atoms with E-state index in [1.165, 1.54) is 5.56 Å². The first-order chi connectivity index (χ1) is 10.7. The molecule has 2 aromatic heterocycles. The third-order valence-corrected chi connectivity index (χ3v) is 4.99. The Balaban J connectivity index is 1.58. The third-order valence-electron chi connectivity index (χ3n) is 4.99. The molecule has 1 N–H and O–H groups in total. The van der Waals surface area contributed by atoms with Crippen LogP contribution in [-0.4, -0.2) is 44.2 Å². The summed E-state index contributed by atoms with van der Waals surface area (Å²) in [4.78, 5) is 11.0. The summed E-state index contributed by atoms with van der Waals surface area (Å²) in [7, 11) is 0. The van der Waals surface area contributed by atoms with Gasteiger partial charge in [0.25, 0.3) is 0 Å². The second-order valence-electron chi connectivity index (χ2n) is 6.28. The maximum absolute atomic E-state index is 9.60. The normalized spacial score (nSPS) is 18.5. The lowest BCUT2D eigenvalue weighted by molar-refractivity contribution is 0.0382. The van der Waals surface area contributed by atoms with Gasteiger partial charge in [-0.2, -0.15) is 0 Å². The minimum Gasteiger partial charge on any atom is -0.396 e. The summed E-state index contributed by atoms with van der Waals surface area (Å²) >= 11 is 0. The van der Waals surface area contributed by atoms with Crippen LogP contribution in [0.3, 0.4) is 0 Å². The standard InChI is InChI=1S/C17H24N4O/c1-2-17(13-22)5-8-20(9-6-17)12-15-3-4-16(19-11-15)21-10-7-18-14-21/h3-4,7,10-11,14,22H,2,5-6,8-9,12-13H2,1H3. The number of hydrogen-bond acceptors (Lipinski definition) is 4. The summed E-state index contributed by atoms with van der Waals surface area (Å²) in [6.45, 7) is 5.54. The van der Waals surface area contributed by atoms with Gasteiger partial charge < -0.3 is 5.11 Å². The molecule has 2 aromatic rings. The minimum absolute atomic E-state index is 0.153. The van der Waals surface area contributed by atoms with E-state index in [2.05, 4.69) is 27.9 Å². The molecule has 1 saturated heterocycles. The molecule has 3 rings (SSSR count). The Hall–Kier alpha value is -1.72. The van der Waals surface area contributed by atoms with Crippen molar-refractivity contribution in [3.8, 4) is 5.82 Å². The van der Waals surface area contributed by atoms with Crippen molar-refractivity contribution in [1.82, 2.24) is 19.4 Å². The maximum Gasteiger partial charge on any atom is 0.137 e. The molecule has 0 saturated carbocycles. The highest BCUT2D eigenvalue weighted by atomic mass is 16.3. The fourth-order valence-corrected chi connectivity index (χ4v) is 3.12. The lowest BCUT2D eigenvalue weighted by Crippen LogP contribution is -2.41. The Morgan fingerprint density at radius 2 is 2.09 bits per heavy atom. The number of imidazole rings is 1. The van der Waals surface area contributed by atoms with Crippen molar-refractivity contribution in [3.05, 3.63) is 42.6 Å². The van der Waals surface area contributed by atoms with Gasteiger partial charge in [0.05, 0.1) is 0 Å². The molecule has 0 radical (unpaired) electrons. The van der Waals surface area contributed by atoms with E-state index in [0.29, 0.717) is 6.61 Å². The van der Waals surface area contributed by atoms with E-state index in [0.717, 1.165) is 44.7 Å². The van der Waals surface area contributed by atoms with Crippen LogP contribution in [0.25, 0.3) is 5.82 Å². The molecule has 1 fully saturated rings. The second-order valence-corrected chi connectivity index (χ2v) is 6.28. The number of rotatable bonds is 5. The summed E-state index contributed by atoms with van der Waals surface area (Å²) in [5, 5.41) is 9.60. The van der Waals surface area contributed by atoms with Crippen molar-refractivity contribution < 1.29 is 5.11 Å². The quantitative estimate of drug-likeness (QED) is 0.920. The van der Waals surface area contributed by atoms with Crippen molar-refractivity contribution in [3.63, 3.8) is 0 Å². The zero-order valence-electron chi connectivity index (χ0n) is 13.1. The van der Waals surface area contributed by atoms with E-state index in [1.807, 2.05) is 23.0 Å². The number of nitrogens with zero attached hydrogens (tertiary/aromatic N) is 4. The summed E-state index contributed by atoms with van der Waals surface area (Å²) in [5.74, 6) is 0.894. The summed E-state index contributed by atoms with van der Waals surface area (Å²) in [5.41, 5.74) is 1.39. The Morgan fingerprint density at radius 1 is 1.27 bits per heavy atom. The van der Waals surface area contributed by atoms with Gasteiger partial charge in [0.2, 0.25) is 0 Å². The van der Waals surface area contributed by atoms with E-state index < -0.39 is 0 Å². The highest BCUT2D eigenvalue weighted by molar-refractivity contribution is 5.25. The summed E-state index contributed by atoms with van der Waals surface area (Å²) in [6, 6.07) is 4.17.